The third kappa shape index (κ3) is 2.62. The van der Waals surface area contributed by atoms with Gasteiger partial charge in [-0.05, 0) is 12.1 Å². The molecule has 0 aliphatic rings. The average Bonchev–Trinajstić information content (AvgIpc) is 2.32. The van der Waals surface area contributed by atoms with Crippen LogP contribution in [-0.2, 0) is 0 Å². The summed E-state index contributed by atoms with van der Waals surface area (Å²) in [7, 11) is 0. The molecule has 1 N–H and O–H groups in total. The number of nitrogens with one attached hydrogen (secondary N) is 1. The number of hydrogen-bond acceptors (Lipinski definition) is 3. The third-order valence-corrected chi connectivity index (χ3v) is 2.01. The SMILES string of the molecule is O=C(Nc1ccc(F)nc1)c1ncc(F)cc1F. The van der Waals surface area contributed by atoms with E-state index in [2.05, 4.69) is 15.3 Å². The number of anilines is 1. The van der Waals surface area contributed by atoms with Crippen LogP contribution in [0.5, 0.6) is 0 Å². The largest absolute Gasteiger partial charge is 0.319 e. The summed E-state index contributed by atoms with van der Waals surface area (Å²) in [4.78, 5) is 18.2. The Balaban J connectivity index is 2.19. The summed E-state index contributed by atoms with van der Waals surface area (Å²) in [5.74, 6) is -3.55. The van der Waals surface area contributed by atoms with Crippen molar-refractivity contribution in [3.63, 3.8) is 0 Å². The van der Waals surface area contributed by atoms with Gasteiger partial charge in [0.15, 0.2) is 11.5 Å². The van der Waals surface area contributed by atoms with Crippen molar-refractivity contribution >= 4 is 11.6 Å². The zero-order chi connectivity index (χ0) is 13.1. The van der Waals surface area contributed by atoms with Crippen LogP contribution in [0.1, 0.15) is 10.5 Å². The van der Waals surface area contributed by atoms with Gasteiger partial charge in [-0.3, -0.25) is 4.79 Å². The topological polar surface area (TPSA) is 54.9 Å². The van der Waals surface area contributed by atoms with Gasteiger partial charge in [0.1, 0.15) is 5.82 Å². The van der Waals surface area contributed by atoms with Crippen LogP contribution in [0.3, 0.4) is 0 Å². The predicted octanol–water partition coefficient (Wildman–Crippen LogP) is 2.15. The summed E-state index contributed by atoms with van der Waals surface area (Å²) in [6, 6.07) is 2.83. The molecule has 0 fully saturated rings. The van der Waals surface area contributed by atoms with Crippen LogP contribution in [-0.4, -0.2) is 15.9 Å². The molecule has 0 aromatic carbocycles. The number of pyridine rings is 2. The van der Waals surface area contributed by atoms with Crippen molar-refractivity contribution in [3.8, 4) is 0 Å². The van der Waals surface area contributed by atoms with Crippen LogP contribution in [0, 0.1) is 17.6 Å². The van der Waals surface area contributed by atoms with Crippen LogP contribution in [0.25, 0.3) is 0 Å². The Morgan fingerprint density at radius 2 is 1.89 bits per heavy atom. The van der Waals surface area contributed by atoms with Gasteiger partial charge in [0, 0.05) is 6.07 Å². The van der Waals surface area contributed by atoms with Gasteiger partial charge in [-0.15, -0.1) is 0 Å². The Morgan fingerprint density at radius 3 is 2.50 bits per heavy atom. The monoisotopic (exact) mass is 253 g/mol. The molecule has 0 aliphatic carbocycles. The summed E-state index contributed by atoms with van der Waals surface area (Å²) >= 11 is 0. The lowest BCUT2D eigenvalue weighted by atomic mass is 10.3. The zero-order valence-electron chi connectivity index (χ0n) is 8.82. The number of carbonyl (C=O) groups excluding carboxylic acids is 1. The molecule has 0 bridgehead atoms. The van der Waals surface area contributed by atoms with Crippen molar-refractivity contribution in [2.75, 3.05) is 5.32 Å². The van der Waals surface area contributed by atoms with Gasteiger partial charge in [0.25, 0.3) is 5.91 Å². The lowest BCUT2D eigenvalue weighted by Gasteiger charge is -2.04. The molecule has 0 saturated carbocycles. The van der Waals surface area contributed by atoms with Crippen LogP contribution >= 0.6 is 0 Å². The van der Waals surface area contributed by atoms with Gasteiger partial charge in [-0.25, -0.2) is 18.7 Å². The first-order valence-electron chi connectivity index (χ1n) is 4.80. The van der Waals surface area contributed by atoms with Crippen LogP contribution in [0.15, 0.2) is 30.6 Å². The maximum atomic E-state index is 13.2. The highest BCUT2D eigenvalue weighted by molar-refractivity contribution is 6.02. The third-order valence-electron chi connectivity index (χ3n) is 2.01. The summed E-state index contributed by atoms with van der Waals surface area (Å²) < 4.78 is 38.3. The van der Waals surface area contributed by atoms with E-state index in [1.54, 1.807) is 0 Å². The molecule has 4 nitrogen and oxygen atoms in total. The van der Waals surface area contributed by atoms with E-state index < -0.39 is 29.2 Å². The first kappa shape index (κ1) is 12.0. The Kier molecular flexibility index (Phi) is 3.22. The van der Waals surface area contributed by atoms with Gasteiger partial charge >= 0.3 is 0 Å². The first-order chi connectivity index (χ1) is 8.56. The molecule has 2 aromatic rings. The van der Waals surface area contributed by atoms with Crippen LogP contribution in [0.2, 0.25) is 0 Å². The molecule has 0 radical (unpaired) electrons. The van der Waals surface area contributed by atoms with Crippen molar-refractivity contribution < 1.29 is 18.0 Å². The van der Waals surface area contributed by atoms with E-state index in [1.807, 2.05) is 0 Å². The Bertz CT molecular complexity index is 587. The molecule has 0 aliphatic heterocycles. The molecular weight excluding hydrogens is 247 g/mol. The first-order valence-corrected chi connectivity index (χ1v) is 4.80. The average molecular weight is 253 g/mol. The predicted molar refractivity (Wildman–Crippen MR) is 56.3 cm³/mol. The summed E-state index contributed by atoms with van der Waals surface area (Å²) in [5.41, 5.74) is -0.382. The van der Waals surface area contributed by atoms with Crippen molar-refractivity contribution in [1.82, 2.24) is 9.97 Å². The van der Waals surface area contributed by atoms with E-state index in [9.17, 15) is 18.0 Å². The normalized spacial score (nSPS) is 10.2. The minimum atomic E-state index is -1.08. The van der Waals surface area contributed by atoms with Crippen molar-refractivity contribution in [1.29, 1.82) is 0 Å². The molecule has 2 heterocycles. The van der Waals surface area contributed by atoms with Crippen molar-refractivity contribution in [3.05, 3.63) is 53.9 Å². The van der Waals surface area contributed by atoms with Gasteiger partial charge in [0.05, 0.1) is 18.1 Å². The second-order valence-electron chi connectivity index (χ2n) is 3.31. The van der Waals surface area contributed by atoms with Gasteiger partial charge in [0.2, 0.25) is 5.95 Å². The molecule has 7 heteroatoms. The minimum Gasteiger partial charge on any atom is -0.319 e. The minimum absolute atomic E-state index is 0.173. The lowest BCUT2D eigenvalue weighted by Crippen LogP contribution is -2.16. The summed E-state index contributed by atoms with van der Waals surface area (Å²) in [5, 5.41) is 2.25. The van der Waals surface area contributed by atoms with Crippen LogP contribution < -0.4 is 5.32 Å². The molecule has 92 valence electrons. The van der Waals surface area contributed by atoms with E-state index in [0.29, 0.717) is 6.07 Å². The van der Waals surface area contributed by atoms with Crippen LogP contribution in [0.4, 0.5) is 18.9 Å². The summed E-state index contributed by atoms with van der Waals surface area (Å²) in [6.07, 6.45) is 1.79. The molecule has 0 spiro atoms. The maximum absolute atomic E-state index is 13.2. The second-order valence-corrected chi connectivity index (χ2v) is 3.31. The number of amides is 1. The quantitative estimate of drug-likeness (QED) is 0.834. The molecule has 1 amide bonds. The number of aromatic nitrogens is 2. The van der Waals surface area contributed by atoms with E-state index in [4.69, 9.17) is 0 Å². The highest BCUT2D eigenvalue weighted by atomic mass is 19.1. The Morgan fingerprint density at radius 1 is 1.11 bits per heavy atom. The maximum Gasteiger partial charge on any atom is 0.277 e. The Hall–Kier alpha value is -2.44. The van der Waals surface area contributed by atoms with Gasteiger partial charge in [-0.2, -0.15) is 4.39 Å². The standard InChI is InChI=1S/C11H6F3N3O/c12-6-3-8(13)10(16-4-6)11(18)17-7-1-2-9(14)15-5-7/h1-5H,(H,17,18). The number of nitrogens with zero attached hydrogens (tertiary/aromatic N) is 2. The number of halogens is 3. The van der Waals surface area contributed by atoms with Crippen molar-refractivity contribution in [2.45, 2.75) is 0 Å². The highest BCUT2D eigenvalue weighted by Crippen LogP contribution is 2.10. The fourth-order valence-corrected chi connectivity index (χ4v) is 1.22. The molecule has 0 unspecified atom stereocenters. The number of rotatable bonds is 2. The summed E-state index contributed by atoms with van der Waals surface area (Å²) in [6.45, 7) is 0. The fourth-order valence-electron chi connectivity index (χ4n) is 1.22. The number of hydrogen-bond donors (Lipinski definition) is 1. The molecule has 18 heavy (non-hydrogen) atoms. The molecule has 0 saturated heterocycles. The molecule has 2 aromatic heterocycles. The Labute approximate surface area is 99.5 Å². The van der Waals surface area contributed by atoms with Gasteiger partial charge in [-0.1, -0.05) is 0 Å². The van der Waals surface area contributed by atoms with E-state index in [0.717, 1.165) is 18.5 Å². The lowest BCUT2D eigenvalue weighted by molar-refractivity contribution is 0.101. The van der Waals surface area contributed by atoms with Crippen molar-refractivity contribution in [2.24, 2.45) is 0 Å². The molecule has 2 rings (SSSR count). The number of carbonyl (C=O) groups is 1. The second kappa shape index (κ2) is 4.82. The van der Waals surface area contributed by atoms with E-state index in [1.165, 1.54) is 6.07 Å². The van der Waals surface area contributed by atoms with Gasteiger partial charge < -0.3 is 5.32 Å². The molecular formula is C11H6F3N3O. The fraction of sp³-hybridized carbons (Fsp3) is 0. The smallest absolute Gasteiger partial charge is 0.277 e. The van der Waals surface area contributed by atoms with E-state index in [-0.39, 0.29) is 5.69 Å². The zero-order valence-corrected chi connectivity index (χ0v) is 8.82. The molecule has 0 atom stereocenters. The van der Waals surface area contributed by atoms with E-state index >= 15 is 0 Å². The highest BCUT2D eigenvalue weighted by Gasteiger charge is 2.14.